The number of anilines is 1. The quantitative estimate of drug-likeness (QED) is 0.191. The number of hydrogen-bond acceptors (Lipinski definition) is 3. The summed E-state index contributed by atoms with van der Waals surface area (Å²) in [5, 5.41) is 2.43. The maximum Gasteiger partial charge on any atom is 0.251 e. The molecule has 2 aliphatic rings. The van der Waals surface area contributed by atoms with Crippen LogP contribution in [-0.4, -0.2) is 20.2 Å². The Bertz CT molecular complexity index is 1770. The highest BCUT2D eigenvalue weighted by atomic mass is 35.5. The van der Waals surface area contributed by atoms with Gasteiger partial charge in [0.05, 0.1) is 29.8 Å². The number of hydrogen-bond donors (Lipinski definition) is 0. The zero-order chi connectivity index (χ0) is 27.4. The number of aryl methyl sites for hydroxylation is 1. The monoisotopic (exact) mass is 568 g/mol. The van der Waals surface area contributed by atoms with Crippen LogP contribution in [0.15, 0.2) is 90.1 Å². The topological polar surface area (TPSA) is 43.1 Å². The Labute approximate surface area is 243 Å². The van der Waals surface area contributed by atoms with Gasteiger partial charge in [0.2, 0.25) is 0 Å². The fraction of sp³-hybridized carbons (Fsp3) is 0.273. The van der Waals surface area contributed by atoms with E-state index in [1.54, 1.807) is 6.07 Å². The number of aromatic nitrogens is 3. The average Bonchev–Trinajstić information content (AvgIpc) is 3.89. The normalized spacial score (nSPS) is 15.9. The lowest BCUT2D eigenvalue weighted by Gasteiger charge is -2.35. The van der Waals surface area contributed by atoms with Crippen molar-refractivity contribution in [2.45, 2.75) is 44.3 Å². The first kappa shape index (κ1) is 25.4. The molecule has 2 saturated carbocycles. The second kappa shape index (κ2) is 10.1. The molecule has 2 aromatic heterocycles. The SMILES string of the molecule is Cn1cncc1C(c1ccc2c(c1)c(-c1cccc(Cl)c1)cc(=O)n2CC1CC1)N(c1ccc(Cl)cc1)C1CC1. The van der Waals surface area contributed by atoms with Crippen LogP contribution in [0, 0.1) is 5.92 Å². The van der Waals surface area contributed by atoms with E-state index in [0.29, 0.717) is 17.0 Å². The second-order valence-electron chi connectivity index (χ2n) is 11.2. The molecule has 40 heavy (non-hydrogen) atoms. The molecule has 5 aromatic rings. The zero-order valence-electron chi connectivity index (χ0n) is 22.3. The highest BCUT2D eigenvalue weighted by Crippen LogP contribution is 2.43. The number of imidazole rings is 1. The van der Waals surface area contributed by atoms with Gasteiger partial charge in [-0.3, -0.25) is 4.79 Å². The van der Waals surface area contributed by atoms with Crippen LogP contribution in [0.1, 0.15) is 43.0 Å². The van der Waals surface area contributed by atoms with Crippen LogP contribution in [0.2, 0.25) is 10.0 Å². The molecule has 1 atom stereocenters. The van der Waals surface area contributed by atoms with Gasteiger partial charge in [0.15, 0.2) is 0 Å². The maximum absolute atomic E-state index is 13.4. The van der Waals surface area contributed by atoms with Crippen molar-refractivity contribution in [1.29, 1.82) is 0 Å². The molecule has 5 nitrogen and oxygen atoms in total. The number of halogens is 2. The highest BCUT2D eigenvalue weighted by Gasteiger charge is 2.37. The summed E-state index contributed by atoms with van der Waals surface area (Å²) < 4.78 is 4.06. The lowest BCUT2D eigenvalue weighted by Crippen LogP contribution is -2.33. The molecular formula is C33H30Cl2N4O. The van der Waals surface area contributed by atoms with Gasteiger partial charge in [-0.05, 0) is 96.8 Å². The summed E-state index contributed by atoms with van der Waals surface area (Å²) in [7, 11) is 2.05. The third kappa shape index (κ3) is 4.82. The third-order valence-corrected chi connectivity index (χ3v) is 8.69. The van der Waals surface area contributed by atoms with E-state index >= 15 is 0 Å². The molecule has 2 aliphatic carbocycles. The lowest BCUT2D eigenvalue weighted by molar-refractivity contribution is 0.626. The van der Waals surface area contributed by atoms with Crippen molar-refractivity contribution in [2.75, 3.05) is 4.90 Å². The van der Waals surface area contributed by atoms with Crippen LogP contribution in [0.5, 0.6) is 0 Å². The molecule has 202 valence electrons. The molecule has 0 saturated heterocycles. The Kier molecular flexibility index (Phi) is 6.44. The average molecular weight is 570 g/mol. The predicted octanol–water partition coefficient (Wildman–Crippen LogP) is 7.88. The highest BCUT2D eigenvalue weighted by molar-refractivity contribution is 6.31. The first-order chi connectivity index (χ1) is 19.5. The van der Waals surface area contributed by atoms with E-state index < -0.39 is 0 Å². The zero-order valence-corrected chi connectivity index (χ0v) is 23.8. The minimum absolute atomic E-state index is 0.0334. The summed E-state index contributed by atoms with van der Waals surface area (Å²) in [4.78, 5) is 20.4. The van der Waals surface area contributed by atoms with Gasteiger partial charge in [0.25, 0.3) is 5.56 Å². The third-order valence-electron chi connectivity index (χ3n) is 8.20. The van der Waals surface area contributed by atoms with Gasteiger partial charge in [0, 0.05) is 46.8 Å². The molecule has 3 aromatic carbocycles. The van der Waals surface area contributed by atoms with E-state index in [1.165, 1.54) is 12.8 Å². The van der Waals surface area contributed by atoms with Gasteiger partial charge in [-0.1, -0.05) is 41.4 Å². The Morgan fingerprint density at radius 2 is 1.75 bits per heavy atom. The summed E-state index contributed by atoms with van der Waals surface area (Å²) in [5.41, 5.74) is 6.24. The second-order valence-corrected chi connectivity index (χ2v) is 12.1. The summed E-state index contributed by atoms with van der Waals surface area (Å²) >= 11 is 12.7. The van der Waals surface area contributed by atoms with Crippen molar-refractivity contribution in [1.82, 2.24) is 14.1 Å². The van der Waals surface area contributed by atoms with Crippen molar-refractivity contribution < 1.29 is 0 Å². The summed E-state index contributed by atoms with van der Waals surface area (Å²) in [6.45, 7) is 0.759. The Morgan fingerprint density at radius 1 is 0.950 bits per heavy atom. The first-order valence-corrected chi connectivity index (χ1v) is 14.7. The number of pyridine rings is 1. The standard InChI is InChI=1S/C33H30Cl2N4O/c1-37-20-36-18-31(37)33(39(27-12-13-27)26-10-8-24(34)9-11-26)23-7-14-30-29(16-23)28(22-3-2-4-25(35)15-22)17-32(40)38(30)19-21-5-6-21/h2-4,7-11,14-18,20-21,27,33H,5-6,12-13,19H2,1H3. The van der Waals surface area contributed by atoms with Gasteiger partial charge in [-0.15, -0.1) is 0 Å². The first-order valence-electron chi connectivity index (χ1n) is 13.9. The van der Waals surface area contributed by atoms with Gasteiger partial charge < -0.3 is 14.0 Å². The molecule has 7 rings (SSSR count). The molecule has 7 heteroatoms. The number of benzene rings is 3. The Balaban J connectivity index is 1.46. The molecule has 0 amide bonds. The van der Waals surface area contributed by atoms with E-state index in [9.17, 15) is 4.79 Å². The van der Waals surface area contributed by atoms with Crippen LogP contribution in [0.3, 0.4) is 0 Å². The number of fused-ring (bicyclic) bond motifs is 1. The van der Waals surface area contributed by atoms with Gasteiger partial charge in [-0.2, -0.15) is 0 Å². The minimum Gasteiger partial charge on any atom is -0.356 e. The van der Waals surface area contributed by atoms with E-state index in [1.807, 2.05) is 60.5 Å². The fourth-order valence-electron chi connectivity index (χ4n) is 5.86. The fourth-order valence-corrected chi connectivity index (χ4v) is 6.17. The van der Waals surface area contributed by atoms with Crippen molar-refractivity contribution >= 4 is 39.8 Å². The summed E-state index contributed by atoms with van der Waals surface area (Å²) in [5.74, 6) is 0.579. The maximum atomic E-state index is 13.4. The van der Waals surface area contributed by atoms with Crippen LogP contribution in [0.25, 0.3) is 22.0 Å². The molecule has 0 radical (unpaired) electrons. The summed E-state index contributed by atoms with van der Waals surface area (Å²) in [6, 6.07) is 24.7. The summed E-state index contributed by atoms with van der Waals surface area (Å²) in [6.07, 6.45) is 8.47. The van der Waals surface area contributed by atoms with E-state index in [2.05, 4.69) is 44.8 Å². The van der Waals surface area contributed by atoms with Crippen molar-refractivity contribution in [3.8, 4) is 11.1 Å². The Hall–Kier alpha value is -3.54. The molecule has 1 unspecified atom stereocenters. The number of nitrogens with zero attached hydrogens (tertiary/aromatic N) is 4. The minimum atomic E-state index is -0.0680. The molecule has 2 heterocycles. The van der Waals surface area contributed by atoms with E-state index in [-0.39, 0.29) is 11.6 Å². The molecule has 0 bridgehead atoms. The van der Waals surface area contributed by atoms with Gasteiger partial charge in [0.1, 0.15) is 0 Å². The van der Waals surface area contributed by atoms with Crippen molar-refractivity contribution in [2.24, 2.45) is 13.0 Å². The van der Waals surface area contributed by atoms with Crippen LogP contribution >= 0.6 is 23.2 Å². The number of rotatable bonds is 8. The molecule has 0 N–H and O–H groups in total. The molecule has 0 aliphatic heterocycles. The largest absolute Gasteiger partial charge is 0.356 e. The van der Waals surface area contributed by atoms with Crippen molar-refractivity contribution in [3.05, 3.63) is 117 Å². The molecule has 0 spiro atoms. The predicted molar refractivity (Wildman–Crippen MR) is 163 cm³/mol. The van der Waals surface area contributed by atoms with Crippen molar-refractivity contribution in [3.63, 3.8) is 0 Å². The van der Waals surface area contributed by atoms with Crippen LogP contribution < -0.4 is 10.5 Å². The van der Waals surface area contributed by atoms with Crippen LogP contribution in [0.4, 0.5) is 5.69 Å². The lowest BCUT2D eigenvalue weighted by atomic mass is 9.95. The van der Waals surface area contributed by atoms with E-state index in [0.717, 1.165) is 63.4 Å². The van der Waals surface area contributed by atoms with Gasteiger partial charge >= 0.3 is 0 Å². The van der Waals surface area contributed by atoms with E-state index in [4.69, 9.17) is 23.2 Å². The molecular weight excluding hydrogens is 539 g/mol. The smallest absolute Gasteiger partial charge is 0.251 e. The van der Waals surface area contributed by atoms with Gasteiger partial charge in [-0.25, -0.2) is 4.98 Å². The Morgan fingerprint density at radius 3 is 2.42 bits per heavy atom. The molecule has 2 fully saturated rings. The van der Waals surface area contributed by atoms with Crippen LogP contribution in [-0.2, 0) is 13.6 Å².